The Balaban J connectivity index is 2.04. The van der Waals surface area contributed by atoms with Crippen LogP contribution < -0.4 is 5.32 Å². The molecule has 0 spiro atoms. The molecule has 6 nitrogen and oxygen atoms in total. The zero-order valence-corrected chi connectivity index (χ0v) is 10.6. The third kappa shape index (κ3) is 2.80. The minimum atomic E-state index is -0.490. The van der Waals surface area contributed by atoms with E-state index in [4.69, 9.17) is 0 Å². The van der Waals surface area contributed by atoms with Gasteiger partial charge in [-0.3, -0.25) is 0 Å². The second kappa shape index (κ2) is 5.54. The highest BCUT2D eigenvalue weighted by Gasteiger charge is 2.15. The van der Waals surface area contributed by atoms with Crippen molar-refractivity contribution in [2.45, 2.75) is 12.8 Å². The number of hydrogen-bond donors (Lipinski definition) is 1. The fourth-order valence-electron chi connectivity index (χ4n) is 1.51. The molecular formula is C11H12N4O2S. The lowest BCUT2D eigenvalue weighted by atomic mass is 10.2. The van der Waals surface area contributed by atoms with Crippen molar-refractivity contribution in [3.63, 3.8) is 0 Å². The van der Waals surface area contributed by atoms with Gasteiger partial charge in [-0.15, -0.1) is 11.3 Å². The second-order valence-corrected chi connectivity index (χ2v) is 4.71. The quantitative estimate of drug-likeness (QED) is 0.663. The summed E-state index contributed by atoms with van der Waals surface area (Å²) >= 11 is 1.58. The molecule has 0 aliphatic heterocycles. The summed E-state index contributed by atoms with van der Waals surface area (Å²) in [5.41, 5.74) is 0.436. The van der Waals surface area contributed by atoms with Crippen LogP contribution in [0.2, 0.25) is 0 Å². The zero-order valence-electron chi connectivity index (χ0n) is 9.74. The van der Waals surface area contributed by atoms with Crippen LogP contribution in [0, 0.1) is 10.1 Å². The summed E-state index contributed by atoms with van der Waals surface area (Å²) < 4.78 is 0. The Morgan fingerprint density at radius 1 is 1.50 bits per heavy atom. The Bertz CT molecular complexity index is 530. The van der Waals surface area contributed by atoms with Gasteiger partial charge in [-0.2, -0.15) is 0 Å². The van der Waals surface area contributed by atoms with Crippen LogP contribution in [0.4, 0.5) is 11.5 Å². The molecule has 0 bridgehead atoms. The van der Waals surface area contributed by atoms with Crippen molar-refractivity contribution in [3.05, 3.63) is 45.0 Å². The molecule has 0 aliphatic carbocycles. The monoisotopic (exact) mass is 264 g/mol. The summed E-state index contributed by atoms with van der Waals surface area (Å²) in [6, 6.07) is 3.32. The number of nitrogens with zero attached hydrogens (tertiary/aromatic N) is 3. The van der Waals surface area contributed by atoms with Crippen molar-refractivity contribution in [3.8, 4) is 0 Å². The van der Waals surface area contributed by atoms with Crippen LogP contribution >= 0.6 is 11.3 Å². The maximum absolute atomic E-state index is 10.8. The fourth-order valence-corrected chi connectivity index (χ4v) is 2.21. The summed E-state index contributed by atoms with van der Waals surface area (Å²) in [5.74, 6) is 0.0497. The van der Waals surface area contributed by atoms with Crippen molar-refractivity contribution in [2.75, 3.05) is 11.9 Å². The van der Waals surface area contributed by atoms with Gasteiger partial charge in [-0.25, -0.2) is 4.98 Å². The molecule has 2 rings (SSSR count). The molecule has 94 valence electrons. The van der Waals surface area contributed by atoms with E-state index in [0.717, 1.165) is 5.01 Å². The SMILES string of the molecule is CC(CNc1cccnc1[N+](=O)[O-])c1nccs1. The van der Waals surface area contributed by atoms with Gasteiger partial charge in [0.25, 0.3) is 0 Å². The molecule has 7 heteroatoms. The van der Waals surface area contributed by atoms with Crippen molar-refractivity contribution < 1.29 is 4.92 Å². The van der Waals surface area contributed by atoms with E-state index in [1.54, 1.807) is 29.7 Å². The normalized spacial score (nSPS) is 12.1. The van der Waals surface area contributed by atoms with Crippen LogP contribution in [0.15, 0.2) is 29.9 Å². The molecule has 2 heterocycles. The molecule has 18 heavy (non-hydrogen) atoms. The average molecular weight is 264 g/mol. The Hall–Kier alpha value is -2.02. The Kier molecular flexibility index (Phi) is 3.83. The highest BCUT2D eigenvalue weighted by Crippen LogP contribution is 2.23. The van der Waals surface area contributed by atoms with E-state index in [0.29, 0.717) is 12.2 Å². The molecular weight excluding hydrogens is 252 g/mol. The number of hydrogen-bond acceptors (Lipinski definition) is 6. The molecule has 0 fully saturated rings. The van der Waals surface area contributed by atoms with Crippen molar-refractivity contribution in [2.24, 2.45) is 0 Å². The van der Waals surface area contributed by atoms with E-state index in [2.05, 4.69) is 15.3 Å². The predicted octanol–water partition coefficient (Wildman–Crippen LogP) is 2.66. The minimum Gasteiger partial charge on any atom is -0.377 e. The van der Waals surface area contributed by atoms with Gasteiger partial charge in [0.2, 0.25) is 0 Å². The number of rotatable bonds is 5. The Morgan fingerprint density at radius 3 is 3.00 bits per heavy atom. The first-order chi connectivity index (χ1) is 8.68. The lowest BCUT2D eigenvalue weighted by Crippen LogP contribution is -2.11. The summed E-state index contributed by atoms with van der Waals surface area (Å²) in [4.78, 5) is 18.3. The lowest BCUT2D eigenvalue weighted by molar-refractivity contribution is -0.388. The number of nitro groups is 1. The van der Waals surface area contributed by atoms with Crippen LogP contribution in [-0.4, -0.2) is 21.4 Å². The van der Waals surface area contributed by atoms with Crippen molar-refractivity contribution in [1.82, 2.24) is 9.97 Å². The molecule has 0 aliphatic rings. The summed E-state index contributed by atoms with van der Waals surface area (Å²) in [7, 11) is 0. The van der Waals surface area contributed by atoms with Gasteiger partial charge in [-0.05, 0) is 22.0 Å². The molecule has 1 unspecified atom stereocenters. The standard InChI is InChI=1S/C11H12N4O2S/c1-8(11-13-5-6-18-11)7-14-9-3-2-4-12-10(9)15(16)17/h2-6,8,14H,7H2,1H3. The van der Waals surface area contributed by atoms with Gasteiger partial charge in [0.1, 0.15) is 11.9 Å². The number of thiazole rings is 1. The molecule has 0 radical (unpaired) electrons. The lowest BCUT2D eigenvalue weighted by Gasteiger charge is -2.10. The average Bonchev–Trinajstić information content (AvgIpc) is 2.90. The molecule has 2 aromatic rings. The van der Waals surface area contributed by atoms with Crippen LogP contribution in [0.1, 0.15) is 17.8 Å². The van der Waals surface area contributed by atoms with Crippen LogP contribution in [0.25, 0.3) is 0 Å². The third-order valence-electron chi connectivity index (χ3n) is 2.43. The summed E-state index contributed by atoms with van der Waals surface area (Å²) in [6.45, 7) is 2.61. The predicted molar refractivity (Wildman–Crippen MR) is 69.9 cm³/mol. The molecule has 0 aromatic carbocycles. The molecule has 1 N–H and O–H groups in total. The highest BCUT2D eigenvalue weighted by atomic mass is 32.1. The maximum atomic E-state index is 10.8. The number of anilines is 1. The maximum Gasteiger partial charge on any atom is 0.386 e. The van der Waals surface area contributed by atoms with Crippen LogP contribution in [0.5, 0.6) is 0 Å². The van der Waals surface area contributed by atoms with E-state index < -0.39 is 4.92 Å². The molecule has 1 atom stereocenters. The highest BCUT2D eigenvalue weighted by molar-refractivity contribution is 7.09. The Morgan fingerprint density at radius 2 is 2.33 bits per heavy atom. The molecule has 0 saturated heterocycles. The van der Waals surface area contributed by atoms with Gasteiger partial charge >= 0.3 is 5.82 Å². The van der Waals surface area contributed by atoms with E-state index >= 15 is 0 Å². The van der Waals surface area contributed by atoms with Gasteiger partial charge in [0, 0.05) is 24.0 Å². The first-order valence-corrected chi connectivity index (χ1v) is 6.29. The summed E-state index contributed by atoms with van der Waals surface area (Å²) in [6.07, 6.45) is 3.16. The van der Waals surface area contributed by atoms with Gasteiger partial charge < -0.3 is 15.4 Å². The second-order valence-electron chi connectivity index (χ2n) is 3.78. The Labute approximate surface area is 108 Å². The van der Waals surface area contributed by atoms with Gasteiger partial charge in [0.15, 0.2) is 0 Å². The van der Waals surface area contributed by atoms with Gasteiger partial charge in [0.05, 0.1) is 5.01 Å². The smallest absolute Gasteiger partial charge is 0.377 e. The molecule has 0 amide bonds. The number of aromatic nitrogens is 2. The number of nitrogens with one attached hydrogen (secondary N) is 1. The van der Waals surface area contributed by atoms with Gasteiger partial charge in [-0.1, -0.05) is 6.92 Å². The van der Waals surface area contributed by atoms with Crippen molar-refractivity contribution in [1.29, 1.82) is 0 Å². The van der Waals surface area contributed by atoms with E-state index in [-0.39, 0.29) is 11.7 Å². The van der Waals surface area contributed by atoms with Crippen molar-refractivity contribution >= 4 is 22.8 Å². The fraction of sp³-hybridized carbons (Fsp3) is 0.273. The molecule has 2 aromatic heterocycles. The first kappa shape index (κ1) is 12.4. The van der Waals surface area contributed by atoms with E-state index in [1.807, 2.05) is 12.3 Å². The van der Waals surface area contributed by atoms with E-state index in [9.17, 15) is 10.1 Å². The topological polar surface area (TPSA) is 81.0 Å². The molecule has 0 saturated carbocycles. The van der Waals surface area contributed by atoms with Crippen LogP contribution in [0.3, 0.4) is 0 Å². The number of pyridine rings is 1. The largest absolute Gasteiger partial charge is 0.386 e. The first-order valence-electron chi connectivity index (χ1n) is 5.41. The van der Waals surface area contributed by atoms with Crippen LogP contribution in [-0.2, 0) is 0 Å². The minimum absolute atomic E-state index is 0.149. The zero-order chi connectivity index (χ0) is 13.0. The van der Waals surface area contributed by atoms with E-state index in [1.165, 1.54) is 6.20 Å². The summed E-state index contributed by atoms with van der Waals surface area (Å²) in [5, 5.41) is 16.8. The third-order valence-corrected chi connectivity index (χ3v) is 3.44.